The van der Waals surface area contributed by atoms with Crippen LogP contribution < -0.4 is 5.32 Å². The first-order valence-electron chi connectivity index (χ1n) is 6.57. The van der Waals surface area contributed by atoms with Gasteiger partial charge in [0.05, 0.1) is 11.6 Å². The zero-order valence-electron chi connectivity index (χ0n) is 10.4. The standard InChI is InChI=1S/C15H14N2O2/c18-15(19)13-6-5-11-14-10(7-8-16-11)9-3-1-2-4-12(9)17(13)14/h1-4,6,11,16H,5,7-8H2,(H,18,19)/t11-/m1/s1. The summed E-state index contributed by atoms with van der Waals surface area (Å²) >= 11 is 0. The van der Waals surface area contributed by atoms with Gasteiger partial charge in [-0.25, -0.2) is 4.79 Å². The van der Waals surface area contributed by atoms with Gasteiger partial charge in [-0.1, -0.05) is 24.3 Å². The topological polar surface area (TPSA) is 54.3 Å². The van der Waals surface area contributed by atoms with E-state index in [1.807, 2.05) is 28.8 Å². The maximum atomic E-state index is 11.5. The maximum Gasteiger partial charge on any atom is 0.352 e. The number of rotatable bonds is 1. The van der Waals surface area contributed by atoms with Gasteiger partial charge in [0.25, 0.3) is 0 Å². The van der Waals surface area contributed by atoms with Crippen LogP contribution in [0.4, 0.5) is 0 Å². The van der Waals surface area contributed by atoms with Gasteiger partial charge in [0.2, 0.25) is 0 Å². The van der Waals surface area contributed by atoms with E-state index in [-0.39, 0.29) is 6.04 Å². The molecule has 2 aromatic rings. The fourth-order valence-electron chi connectivity index (χ4n) is 3.38. The van der Waals surface area contributed by atoms with Crippen LogP contribution in [-0.4, -0.2) is 22.2 Å². The number of hydrogen-bond acceptors (Lipinski definition) is 2. The molecule has 2 aliphatic heterocycles. The molecular weight excluding hydrogens is 240 g/mol. The molecule has 4 rings (SSSR count). The van der Waals surface area contributed by atoms with Crippen LogP contribution >= 0.6 is 0 Å². The second-order valence-electron chi connectivity index (χ2n) is 5.10. The predicted octanol–water partition coefficient (Wildman–Crippen LogP) is 2.16. The molecule has 4 nitrogen and oxygen atoms in total. The van der Waals surface area contributed by atoms with Crippen LogP contribution in [-0.2, 0) is 11.2 Å². The van der Waals surface area contributed by atoms with Crippen molar-refractivity contribution in [3.63, 3.8) is 0 Å². The summed E-state index contributed by atoms with van der Waals surface area (Å²) in [6.07, 6.45) is 3.55. The molecule has 96 valence electrons. The van der Waals surface area contributed by atoms with Crippen molar-refractivity contribution in [3.05, 3.63) is 41.6 Å². The Labute approximate surface area is 110 Å². The summed E-state index contributed by atoms with van der Waals surface area (Å²) in [4.78, 5) is 11.5. The molecule has 0 amide bonds. The lowest BCUT2D eigenvalue weighted by Gasteiger charge is -2.29. The number of para-hydroxylation sites is 1. The quantitative estimate of drug-likeness (QED) is 0.820. The number of aromatic nitrogens is 1. The van der Waals surface area contributed by atoms with E-state index in [4.69, 9.17) is 0 Å². The molecule has 0 fully saturated rings. The highest BCUT2D eigenvalue weighted by atomic mass is 16.4. The van der Waals surface area contributed by atoms with Crippen molar-refractivity contribution in [2.75, 3.05) is 6.54 Å². The maximum absolute atomic E-state index is 11.5. The van der Waals surface area contributed by atoms with Crippen molar-refractivity contribution in [3.8, 4) is 0 Å². The van der Waals surface area contributed by atoms with E-state index in [2.05, 4.69) is 11.4 Å². The van der Waals surface area contributed by atoms with E-state index < -0.39 is 5.97 Å². The minimum Gasteiger partial charge on any atom is -0.477 e. The van der Waals surface area contributed by atoms with E-state index in [1.165, 1.54) is 10.9 Å². The zero-order chi connectivity index (χ0) is 13.0. The van der Waals surface area contributed by atoms with Gasteiger partial charge in [0.1, 0.15) is 5.70 Å². The molecule has 19 heavy (non-hydrogen) atoms. The molecule has 1 atom stereocenters. The van der Waals surface area contributed by atoms with Crippen molar-refractivity contribution in [1.29, 1.82) is 0 Å². The molecule has 4 heteroatoms. The number of fused-ring (bicyclic) bond motifs is 3. The van der Waals surface area contributed by atoms with Crippen molar-refractivity contribution in [2.45, 2.75) is 18.9 Å². The molecule has 3 heterocycles. The van der Waals surface area contributed by atoms with Gasteiger partial charge >= 0.3 is 5.97 Å². The highest BCUT2D eigenvalue weighted by Gasteiger charge is 2.32. The summed E-state index contributed by atoms with van der Waals surface area (Å²) < 4.78 is 1.92. The van der Waals surface area contributed by atoms with Crippen molar-refractivity contribution >= 4 is 22.6 Å². The lowest BCUT2D eigenvalue weighted by atomic mass is 9.95. The number of aliphatic carboxylic acids is 1. The largest absolute Gasteiger partial charge is 0.477 e. The number of nitrogens with zero attached hydrogens (tertiary/aromatic N) is 1. The molecule has 0 radical (unpaired) electrons. The SMILES string of the molecule is O=C(O)C1=CC[C@H]2NCCc3c2n1c1ccccc31. The molecule has 0 saturated heterocycles. The Morgan fingerprint density at radius 1 is 1.37 bits per heavy atom. The fourth-order valence-corrected chi connectivity index (χ4v) is 3.38. The van der Waals surface area contributed by atoms with Gasteiger partial charge in [-0.2, -0.15) is 0 Å². The molecule has 0 saturated carbocycles. The summed E-state index contributed by atoms with van der Waals surface area (Å²) in [6.45, 7) is 0.960. The Morgan fingerprint density at radius 3 is 3.05 bits per heavy atom. The summed E-state index contributed by atoms with van der Waals surface area (Å²) in [5, 5.41) is 14.1. The number of carboxylic acids is 1. The molecule has 0 bridgehead atoms. The van der Waals surface area contributed by atoms with Gasteiger partial charge in [0, 0.05) is 11.1 Å². The average Bonchev–Trinajstić information content (AvgIpc) is 2.77. The zero-order valence-corrected chi connectivity index (χ0v) is 10.4. The summed E-state index contributed by atoms with van der Waals surface area (Å²) in [5.74, 6) is -0.854. The number of carbonyl (C=O) groups is 1. The molecular formula is C15H14N2O2. The Kier molecular flexibility index (Phi) is 2.11. The third kappa shape index (κ3) is 1.35. The number of nitrogens with one attached hydrogen (secondary N) is 1. The molecule has 0 spiro atoms. The summed E-state index contributed by atoms with van der Waals surface area (Å²) in [6, 6.07) is 8.34. The first kappa shape index (κ1) is 10.8. The molecule has 0 unspecified atom stereocenters. The predicted molar refractivity (Wildman–Crippen MR) is 72.9 cm³/mol. The highest BCUT2D eigenvalue weighted by molar-refractivity contribution is 6.12. The van der Waals surface area contributed by atoms with E-state index in [0.29, 0.717) is 5.70 Å². The third-order valence-corrected chi connectivity index (χ3v) is 4.12. The number of carboxylic acid groups (broad SMARTS) is 1. The normalized spacial score (nSPS) is 21.1. The highest BCUT2D eigenvalue weighted by Crippen LogP contribution is 2.39. The van der Waals surface area contributed by atoms with Gasteiger partial charge in [-0.15, -0.1) is 0 Å². The minimum atomic E-state index is -0.854. The first-order chi connectivity index (χ1) is 9.27. The summed E-state index contributed by atoms with van der Waals surface area (Å²) in [7, 11) is 0. The van der Waals surface area contributed by atoms with Gasteiger partial charge in [0.15, 0.2) is 0 Å². The van der Waals surface area contributed by atoms with Crippen LogP contribution in [0.15, 0.2) is 30.3 Å². The molecule has 1 aromatic heterocycles. The smallest absolute Gasteiger partial charge is 0.352 e. The van der Waals surface area contributed by atoms with Crippen LogP contribution in [0.2, 0.25) is 0 Å². The van der Waals surface area contributed by atoms with E-state index in [0.717, 1.165) is 30.6 Å². The van der Waals surface area contributed by atoms with Crippen LogP contribution in [0.1, 0.15) is 23.7 Å². The Morgan fingerprint density at radius 2 is 2.21 bits per heavy atom. The van der Waals surface area contributed by atoms with E-state index in [1.54, 1.807) is 0 Å². The summed E-state index contributed by atoms with van der Waals surface area (Å²) in [5.41, 5.74) is 3.85. The van der Waals surface area contributed by atoms with Gasteiger partial charge < -0.3 is 15.0 Å². The number of benzene rings is 1. The lowest BCUT2D eigenvalue weighted by molar-refractivity contribution is -0.130. The van der Waals surface area contributed by atoms with Crippen molar-refractivity contribution < 1.29 is 9.90 Å². The molecule has 1 aromatic carbocycles. The lowest BCUT2D eigenvalue weighted by Crippen LogP contribution is -2.33. The second-order valence-corrected chi connectivity index (χ2v) is 5.10. The molecule has 2 N–H and O–H groups in total. The Balaban J connectivity index is 2.13. The fraction of sp³-hybridized carbons (Fsp3) is 0.267. The van der Waals surface area contributed by atoms with Gasteiger partial charge in [-0.3, -0.25) is 0 Å². The second kappa shape index (κ2) is 3.71. The third-order valence-electron chi connectivity index (χ3n) is 4.12. The Bertz CT molecular complexity index is 727. The van der Waals surface area contributed by atoms with Crippen LogP contribution in [0.5, 0.6) is 0 Å². The van der Waals surface area contributed by atoms with E-state index in [9.17, 15) is 9.90 Å². The molecule has 0 aliphatic carbocycles. The average molecular weight is 254 g/mol. The van der Waals surface area contributed by atoms with Crippen LogP contribution in [0.25, 0.3) is 16.6 Å². The minimum absolute atomic E-state index is 0.249. The number of hydrogen-bond donors (Lipinski definition) is 2. The van der Waals surface area contributed by atoms with Crippen LogP contribution in [0, 0.1) is 0 Å². The van der Waals surface area contributed by atoms with Gasteiger partial charge in [-0.05, 0) is 31.0 Å². The first-order valence-corrected chi connectivity index (χ1v) is 6.57. The Hall–Kier alpha value is -2.07. The van der Waals surface area contributed by atoms with E-state index >= 15 is 0 Å². The molecule has 2 aliphatic rings. The van der Waals surface area contributed by atoms with Crippen LogP contribution in [0.3, 0.4) is 0 Å². The van der Waals surface area contributed by atoms with Crippen molar-refractivity contribution in [2.24, 2.45) is 0 Å². The monoisotopic (exact) mass is 254 g/mol. The van der Waals surface area contributed by atoms with Crippen molar-refractivity contribution in [1.82, 2.24) is 9.88 Å².